The molecule has 2 aliphatic rings. The second kappa shape index (κ2) is 12.4. The van der Waals surface area contributed by atoms with Crippen LogP contribution in [0, 0.1) is 11.8 Å². The van der Waals surface area contributed by atoms with Crippen LogP contribution < -0.4 is 4.74 Å². The van der Waals surface area contributed by atoms with Crippen molar-refractivity contribution in [3.63, 3.8) is 0 Å². The largest absolute Gasteiger partial charge is 0.472 e. The van der Waals surface area contributed by atoms with Gasteiger partial charge in [0.25, 0.3) is 5.91 Å². The Bertz CT molecular complexity index is 1100. The summed E-state index contributed by atoms with van der Waals surface area (Å²) in [6.45, 7) is 4.56. The fraction of sp³-hybridized carbons (Fsp3) is 0.500. The lowest BCUT2D eigenvalue weighted by molar-refractivity contribution is -0.136. The predicted octanol–water partition coefficient (Wildman–Crippen LogP) is 4.51. The monoisotopic (exact) mass is 505 g/mol. The number of nitrogens with zero attached hydrogens (tertiary/aromatic N) is 3. The Balaban J connectivity index is 1.60. The smallest absolute Gasteiger partial charge is 0.259 e. The molecule has 4 rings (SSSR count). The van der Waals surface area contributed by atoms with E-state index in [1.54, 1.807) is 22.1 Å². The number of pyridine rings is 1. The van der Waals surface area contributed by atoms with Crippen LogP contribution in [0.25, 0.3) is 12.2 Å². The Labute approximate surface area is 220 Å². The van der Waals surface area contributed by atoms with E-state index in [0.29, 0.717) is 18.7 Å². The molecule has 0 saturated heterocycles. The van der Waals surface area contributed by atoms with Crippen molar-refractivity contribution in [2.24, 2.45) is 11.8 Å². The van der Waals surface area contributed by atoms with Crippen LogP contribution in [0.1, 0.15) is 67.4 Å². The number of rotatable bonds is 7. The summed E-state index contributed by atoms with van der Waals surface area (Å²) < 4.78 is 6.37. The van der Waals surface area contributed by atoms with Crippen molar-refractivity contribution < 1.29 is 19.4 Å². The molecule has 0 unspecified atom stereocenters. The first-order valence-corrected chi connectivity index (χ1v) is 13.4. The molecule has 1 aliphatic heterocycles. The van der Waals surface area contributed by atoms with Gasteiger partial charge < -0.3 is 19.6 Å². The van der Waals surface area contributed by atoms with Crippen molar-refractivity contribution in [3.8, 4) is 5.88 Å². The van der Waals surface area contributed by atoms with Gasteiger partial charge in [0, 0.05) is 31.6 Å². The van der Waals surface area contributed by atoms with Crippen molar-refractivity contribution in [1.82, 2.24) is 14.8 Å². The first-order chi connectivity index (χ1) is 17.9. The molecule has 2 heterocycles. The van der Waals surface area contributed by atoms with E-state index in [0.717, 1.165) is 36.8 Å². The van der Waals surface area contributed by atoms with Gasteiger partial charge in [0.2, 0.25) is 11.8 Å². The van der Waals surface area contributed by atoms with Crippen molar-refractivity contribution in [1.29, 1.82) is 0 Å². The van der Waals surface area contributed by atoms with E-state index in [1.165, 1.54) is 6.42 Å². The number of aliphatic hydroxyl groups excluding tert-OH is 1. The molecule has 0 bridgehead atoms. The van der Waals surface area contributed by atoms with Crippen molar-refractivity contribution >= 4 is 24.0 Å². The highest BCUT2D eigenvalue weighted by Crippen LogP contribution is 2.29. The van der Waals surface area contributed by atoms with Crippen LogP contribution in [0.2, 0.25) is 0 Å². The van der Waals surface area contributed by atoms with Crippen LogP contribution in [0.3, 0.4) is 0 Å². The minimum atomic E-state index is -0.355. The third-order valence-electron chi connectivity index (χ3n) is 7.59. The Morgan fingerprint density at radius 1 is 1.19 bits per heavy atom. The lowest BCUT2D eigenvalue weighted by Gasteiger charge is -2.38. The Kier molecular flexibility index (Phi) is 8.98. The van der Waals surface area contributed by atoms with E-state index >= 15 is 0 Å². The fourth-order valence-corrected chi connectivity index (χ4v) is 5.21. The number of aliphatic hydroxyl groups is 1. The zero-order valence-corrected chi connectivity index (χ0v) is 22.2. The third kappa shape index (κ3) is 6.58. The molecule has 7 heteroatoms. The lowest BCUT2D eigenvalue weighted by atomic mass is 9.88. The highest BCUT2D eigenvalue weighted by atomic mass is 16.5. The quantitative estimate of drug-likeness (QED) is 0.599. The number of carbonyl (C=O) groups excluding carboxylic acids is 2. The van der Waals surface area contributed by atoms with Gasteiger partial charge in [0.05, 0.1) is 19.2 Å². The average molecular weight is 506 g/mol. The molecule has 37 heavy (non-hydrogen) atoms. The molecule has 1 fully saturated rings. The van der Waals surface area contributed by atoms with E-state index in [1.807, 2.05) is 63.4 Å². The van der Waals surface area contributed by atoms with Crippen LogP contribution in [0.5, 0.6) is 5.88 Å². The molecule has 0 spiro atoms. The van der Waals surface area contributed by atoms with Gasteiger partial charge in [-0.05, 0) is 37.0 Å². The number of ether oxygens (including phenoxy) is 1. The standard InChI is InChI=1S/C30H39N3O4/c1-21-18-33(22(2)20-34)30(36)26-16-24(15-14-23-10-6-4-7-11-23)17-31-28(26)37-27(21)19-32(3)29(35)25-12-8-5-9-13-25/h4,6-7,10-11,14-17,21-22,25,27,34H,5,8-9,12-13,18-20H2,1-3H3/b15-14+/t21-,22-,27+/m1/s1. The number of aromatic nitrogens is 1. The molecular formula is C30H39N3O4. The zero-order chi connectivity index (χ0) is 26.4. The second-order valence-electron chi connectivity index (χ2n) is 10.5. The predicted molar refractivity (Wildman–Crippen MR) is 145 cm³/mol. The van der Waals surface area contributed by atoms with Gasteiger partial charge in [-0.1, -0.05) is 68.7 Å². The normalized spacial score (nSPS) is 21.6. The summed E-state index contributed by atoms with van der Waals surface area (Å²) in [5, 5.41) is 9.89. The molecular weight excluding hydrogens is 466 g/mol. The summed E-state index contributed by atoms with van der Waals surface area (Å²) in [4.78, 5) is 34.8. The molecule has 7 nitrogen and oxygen atoms in total. The van der Waals surface area contributed by atoms with Gasteiger partial charge in [-0.15, -0.1) is 0 Å². The van der Waals surface area contributed by atoms with Crippen LogP contribution in [-0.4, -0.2) is 70.6 Å². The average Bonchev–Trinajstić information content (AvgIpc) is 2.94. The number of amides is 2. The first kappa shape index (κ1) is 26.9. The van der Waals surface area contributed by atoms with E-state index < -0.39 is 0 Å². The Hall–Kier alpha value is -3.19. The zero-order valence-electron chi connectivity index (χ0n) is 22.2. The molecule has 1 aliphatic carbocycles. The molecule has 1 saturated carbocycles. The molecule has 1 N–H and O–H groups in total. The molecule has 2 aromatic rings. The highest BCUT2D eigenvalue weighted by Gasteiger charge is 2.35. The van der Waals surface area contributed by atoms with E-state index in [-0.39, 0.29) is 48.3 Å². The maximum absolute atomic E-state index is 13.6. The molecule has 1 aromatic heterocycles. The first-order valence-electron chi connectivity index (χ1n) is 13.4. The van der Waals surface area contributed by atoms with E-state index in [9.17, 15) is 14.7 Å². The van der Waals surface area contributed by atoms with Crippen LogP contribution in [0.4, 0.5) is 0 Å². The summed E-state index contributed by atoms with van der Waals surface area (Å²) in [6, 6.07) is 11.4. The molecule has 1 aromatic carbocycles. The Morgan fingerprint density at radius 3 is 2.59 bits per heavy atom. The van der Waals surface area contributed by atoms with Gasteiger partial charge >= 0.3 is 0 Å². The molecule has 0 radical (unpaired) electrons. The van der Waals surface area contributed by atoms with Gasteiger partial charge in [0.1, 0.15) is 11.7 Å². The molecule has 3 atom stereocenters. The maximum Gasteiger partial charge on any atom is 0.259 e. The van der Waals surface area contributed by atoms with Gasteiger partial charge in [0.15, 0.2) is 0 Å². The Morgan fingerprint density at radius 2 is 1.89 bits per heavy atom. The fourth-order valence-electron chi connectivity index (χ4n) is 5.21. The number of carbonyl (C=O) groups is 2. The molecule has 198 valence electrons. The topological polar surface area (TPSA) is 83.0 Å². The third-order valence-corrected chi connectivity index (χ3v) is 7.59. The maximum atomic E-state index is 13.6. The van der Waals surface area contributed by atoms with E-state index in [2.05, 4.69) is 4.98 Å². The number of fused-ring (bicyclic) bond motifs is 1. The summed E-state index contributed by atoms with van der Waals surface area (Å²) in [7, 11) is 1.84. The minimum Gasteiger partial charge on any atom is -0.472 e. The van der Waals surface area contributed by atoms with Crippen LogP contribution in [0.15, 0.2) is 42.6 Å². The van der Waals surface area contributed by atoms with Crippen molar-refractivity contribution in [2.75, 3.05) is 26.7 Å². The highest BCUT2D eigenvalue weighted by molar-refractivity contribution is 5.97. The number of likely N-dealkylation sites (N-methyl/N-ethyl adjacent to an activating group) is 1. The van der Waals surface area contributed by atoms with Crippen molar-refractivity contribution in [2.45, 2.75) is 58.1 Å². The summed E-state index contributed by atoms with van der Waals surface area (Å²) >= 11 is 0. The van der Waals surface area contributed by atoms with Crippen LogP contribution >= 0.6 is 0 Å². The summed E-state index contributed by atoms with van der Waals surface area (Å²) in [6.07, 6.45) is 10.6. The van der Waals surface area contributed by atoms with Crippen molar-refractivity contribution in [3.05, 3.63) is 59.3 Å². The lowest BCUT2D eigenvalue weighted by Crippen LogP contribution is -2.51. The van der Waals surface area contributed by atoms with Crippen LogP contribution in [-0.2, 0) is 4.79 Å². The number of hydrogen-bond donors (Lipinski definition) is 1. The van der Waals surface area contributed by atoms with Gasteiger partial charge in [-0.2, -0.15) is 0 Å². The second-order valence-corrected chi connectivity index (χ2v) is 10.5. The number of benzene rings is 1. The minimum absolute atomic E-state index is 0.0628. The summed E-state index contributed by atoms with van der Waals surface area (Å²) in [5.74, 6) is 0.249. The van der Waals surface area contributed by atoms with E-state index in [4.69, 9.17) is 4.74 Å². The van der Waals surface area contributed by atoms with Gasteiger partial charge in [-0.3, -0.25) is 9.59 Å². The molecule has 2 amide bonds. The SMILES string of the molecule is C[C@@H]1CN([C@H](C)CO)C(=O)c2cc(/C=C/c3ccccc3)cnc2O[C@H]1CN(C)C(=O)C1CCCCC1. The summed E-state index contributed by atoms with van der Waals surface area (Å²) in [5.41, 5.74) is 2.20. The number of hydrogen-bond acceptors (Lipinski definition) is 5. The van der Waals surface area contributed by atoms with Gasteiger partial charge in [-0.25, -0.2) is 4.98 Å².